The number of carboxylic acid groups (broad SMARTS) is 1. The molecule has 0 aliphatic carbocycles. The van der Waals surface area contributed by atoms with Gasteiger partial charge >= 0.3 is 5.97 Å². The normalized spacial score (nSPS) is 19.4. The van der Waals surface area contributed by atoms with Crippen molar-refractivity contribution in [2.45, 2.75) is 24.0 Å². The van der Waals surface area contributed by atoms with Crippen LogP contribution in [0.1, 0.15) is 12.5 Å². The van der Waals surface area contributed by atoms with Crippen molar-refractivity contribution in [3.63, 3.8) is 0 Å². The van der Waals surface area contributed by atoms with Crippen molar-refractivity contribution in [2.75, 3.05) is 18.0 Å². The molecule has 0 spiro atoms. The molecule has 3 nitrogen and oxygen atoms in total. The smallest absolute Gasteiger partial charge is 0.323 e. The van der Waals surface area contributed by atoms with Crippen molar-refractivity contribution in [2.24, 2.45) is 0 Å². The van der Waals surface area contributed by atoms with Crippen LogP contribution < -0.4 is 4.90 Å². The third-order valence-corrected chi connectivity index (χ3v) is 3.72. The Kier molecular flexibility index (Phi) is 3.10. The molecule has 0 bridgehead atoms. The van der Waals surface area contributed by atoms with E-state index in [4.69, 9.17) is 5.11 Å². The van der Waals surface area contributed by atoms with Crippen molar-refractivity contribution in [3.05, 3.63) is 23.8 Å². The number of carboxylic acids is 1. The fourth-order valence-electron chi connectivity index (χ4n) is 1.95. The molecule has 0 radical (unpaired) electrons. The molecule has 1 N–H and O–H groups in total. The summed E-state index contributed by atoms with van der Waals surface area (Å²) in [6.45, 7) is 5.07. The lowest BCUT2D eigenvalue weighted by atomic mass is 10.2. The molecule has 0 saturated carbocycles. The zero-order valence-corrected chi connectivity index (χ0v) is 10.3. The minimum Gasteiger partial charge on any atom is -0.480 e. The second kappa shape index (κ2) is 4.37. The molecule has 1 aromatic carbocycles. The third kappa shape index (κ3) is 2.32. The average Bonchev–Trinajstić information content (AvgIpc) is 2.15. The number of hydrogen-bond acceptors (Lipinski definition) is 3. The first-order chi connectivity index (χ1) is 7.56. The van der Waals surface area contributed by atoms with Crippen LogP contribution in [0.2, 0.25) is 0 Å². The molecule has 4 heteroatoms. The average molecular weight is 237 g/mol. The summed E-state index contributed by atoms with van der Waals surface area (Å²) in [6.07, 6.45) is 0. The van der Waals surface area contributed by atoms with Crippen LogP contribution in [0, 0.1) is 6.92 Å². The number of carbonyl (C=O) groups is 1. The van der Waals surface area contributed by atoms with Crippen LogP contribution in [0.5, 0.6) is 0 Å². The topological polar surface area (TPSA) is 40.5 Å². The lowest BCUT2D eigenvalue weighted by Crippen LogP contribution is -2.37. The maximum absolute atomic E-state index is 10.8. The summed E-state index contributed by atoms with van der Waals surface area (Å²) < 4.78 is 0. The summed E-state index contributed by atoms with van der Waals surface area (Å²) in [4.78, 5) is 13.9. The van der Waals surface area contributed by atoms with E-state index >= 15 is 0 Å². The molecule has 1 heterocycles. The van der Waals surface area contributed by atoms with Gasteiger partial charge in [-0.25, -0.2) is 0 Å². The number of fused-ring (bicyclic) bond motifs is 1. The molecule has 0 saturated heterocycles. The van der Waals surface area contributed by atoms with Crippen LogP contribution in [0.4, 0.5) is 5.69 Å². The van der Waals surface area contributed by atoms with Crippen molar-refractivity contribution < 1.29 is 9.90 Å². The molecule has 1 aromatic rings. The number of aryl methyl sites for hydroxylation is 1. The monoisotopic (exact) mass is 237 g/mol. The molecule has 86 valence electrons. The number of benzene rings is 1. The Morgan fingerprint density at radius 2 is 2.38 bits per heavy atom. The SMILES string of the molecule is Cc1ccc2c(c1)SC(C)CN2CC(=O)O. The summed E-state index contributed by atoms with van der Waals surface area (Å²) in [5.74, 6) is -0.773. The first-order valence-electron chi connectivity index (χ1n) is 5.30. The largest absolute Gasteiger partial charge is 0.480 e. The molecule has 0 aromatic heterocycles. The van der Waals surface area contributed by atoms with E-state index < -0.39 is 5.97 Å². The first-order valence-corrected chi connectivity index (χ1v) is 6.18. The molecule has 2 rings (SSSR count). The second-order valence-corrected chi connectivity index (χ2v) is 5.65. The maximum atomic E-state index is 10.8. The highest BCUT2D eigenvalue weighted by molar-refractivity contribution is 8.00. The van der Waals surface area contributed by atoms with Gasteiger partial charge in [-0.3, -0.25) is 4.79 Å². The molecule has 1 unspecified atom stereocenters. The van der Waals surface area contributed by atoms with Gasteiger partial charge in [0.15, 0.2) is 0 Å². The summed E-state index contributed by atoms with van der Waals surface area (Å²) in [5.41, 5.74) is 2.27. The van der Waals surface area contributed by atoms with Crippen molar-refractivity contribution in [1.82, 2.24) is 0 Å². The van der Waals surface area contributed by atoms with Crippen LogP contribution in [0.3, 0.4) is 0 Å². The van der Waals surface area contributed by atoms with Crippen molar-refractivity contribution in [3.8, 4) is 0 Å². The Hall–Kier alpha value is -1.16. The Morgan fingerprint density at radius 1 is 1.62 bits per heavy atom. The summed E-state index contributed by atoms with van der Waals surface area (Å²) >= 11 is 1.82. The van der Waals surface area contributed by atoms with E-state index in [1.807, 2.05) is 28.8 Å². The second-order valence-electron chi connectivity index (χ2n) is 4.17. The molecule has 1 atom stereocenters. The summed E-state index contributed by atoms with van der Waals surface area (Å²) in [6, 6.07) is 6.18. The molecule has 16 heavy (non-hydrogen) atoms. The highest BCUT2D eigenvalue weighted by Gasteiger charge is 2.23. The molecule has 1 aliphatic rings. The molecular weight excluding hydrogens is 222 g/mol. The lowest BCUT2D eigenvalue weighted by molar-refractivity contribution is -0.135. The Bertz CT molecular complexity index is 419. The zero-order chi connectivity index (χ0) is 11.7. The van der Waals surface area contributed by atoms with Gasteiger partial charge in [-0.15, -0.1) is 11.8 Å². The standard InChI is InChI=1S/C12H15NO2S/c1-8-3-4-10-11(5-8)16-9(2)6-13(10)7-12(14)15/h3-5,9H,6-7H2,1-2H3,(H,14,15). The Labute approximate surface area is 99.5 Å². The molecule has 1 aliphatic heterocycles. The van der Waals surface area contributed by atoms with Crippen LogP contribution in [-0.2, 0) is 4.79 Å². The number of anilines is 1. The third-order valence-electron chi connectivity index (χ3n) is 2.59. The zero-order valence-electron chi connectivity index (χ0n) is 9.43. The molecular formula is C12H15NO2S. The highest BCUT2D eigenvalue weighted by atomic mass is 32.2. The predicted molar refractivity (Wildman–Crippen MR) is 66.3 cm³/mol. The van der Waals surface area contributed by atoms with Crippen molar-refractivity contribution >= 4 is 23.4 Å². The minimum absolute atomic E-state index is 0.0843. The van der Waals surface area contributed by atoms with Gasteiger partial charge in [0, 0.05) is 16.7 Å². The van der Waals surface area contributed by atoms with Gasteiger partial charge in [-0.05, 0) is 24.6 Å². The maximum Gasteiger partial charge on any atom is 0.323 e. The predicted octanol–water partition coefficient (Wildman–Crippen LogP) is 2.38. The number of hydrogen-bond donors (Lipinski definition) is 1. The fourth-order valence-corrected chi connectivity index (χ4v) is 3.21. The van der Waals surface area contributed by atoms with Gasteiger partial charge in [0.25, 0.3) is 0 Å². The van der Waals surface area contributed by atoms with E-state index in [1.54, 1.807) is 0 Å². The minimum atomic E-state index is -0.773. The number of nitrogens with zero attached hydrogens (tertiary/aromatic N) is 1. The van der Waals surface area contributed by atoms with E-state index in [1.165, 1.54) is 10.5 Å². The Morgan fingerprint density at radius 3 is 3.06 bits per heavy atom. The first kappa shape index (κ1) is 11.3. The quantitative estimate of drug-likeness (QED) is 0.857. The number of aliphatic carboxylic acids is 1. The highest BCUT2D eigenvalue weighted by Crippen LogP contribution is 2.38. The van der Waals surface area contributed by atoms with Gasteiger partial charge in [-0.2, -0.15) is 0 Å². The molecule has 0 amide bonds. The van der Waals surface area contributed by atoms with Crippen molar-refractivity contribution in [1.29, 1.82) is 0 Å². The molecule has 0 fully saturated rings. The van der Waals surface area contributed by atoms with E-state index in [9.17, 15) is 4.79 Å². The van der Waals surface area contributed by atoms with Gasteiger partial charge in [-0.1, -0.05) is 13.0 Å². The van der Waals surface area contributed by atoms with E-state index in [-0.39, 0.29) is 6.54 Å². The van der Waals surface area contributed by atoms with Gasteiger partial charge in [0.1, 0.15) is 6.54 Å². The number of rotatable bonds is 2. The van der Waals surface area contributed by atoms with Crippen LogP contribution in [0.25, 0.3) is 0 Å². The lowest BCUT2D eigenvalue weighted by Gasteiger charge is -2.33. The fraction of sp³-hybridized carbons (Fsp3) is 0.417. The van der Waals surface area contributed by atoms with Gasteiger partial charge < -0.3 is 10.0 Å². The van der Waals surface area contributed by atoms with Gasteiger partial charge in [0.2, 0.25) is 0 Å². The summed E-state index contributed by atoms with van der Waals surface area (Å²) in [7, 11) is 0. The van der Waals surface area contributed by atoms with Crippen LogP contribution in [0.15, 0.2) is 23.1 Å². The van der Waals surface area contributed by atoms with Gasteiger partial charge in [0.05, 0.1) is 5.69 Å². The summed E-state index contributed by atoms with van der Waals surface area (Å²) in [5, 5.41) is 9.32. The number of thioether (sulfide) groups is 1. The van der Waals surface area contributed by atoms with E-state index in [0.29, 0.717) is 5.25 Å². The van der Waals surface area contributed by atoms with E-state index in [2.05, 4.69) is 19.9 Å². The Balaban J connectivity index is 2.34. The van der Waals surface area contributed by atoms with E-state index in [0.717, 1.165) is 12.2 Å². The van der Waals surface area contributed by atoms with Crippen LogP contribution >= 0.6 is 11.8 Å². The van der Waals surface area contributed by atoms with Crippen LogP contribution in [-0.4, -0.2) is 29.4 Å².